The van der Waals surface area contributed by atoms with Crippen molar-refractivity contribution in [3.63, 3.8) is 0 Å². The van der Waals surface area contributed by atoms with E-state index in [0.717, 1.165) is 10.9 Å². The molecule has 1 aromatic carbocycles. The highest BCUT2D eigenvalue weighted by Crippen LogP contribution is 2.21. The molecule has 33 heavy (non-hydrogen) atoms. The highest BCUT2D eigenvalue weighted by molar-refractivity contribution is 6.02. The van der Waals surface area contributed by atoms with Crippen molar-refractivity contribution >= 4 is 17.3 Å². The fourth-order valence-corrected chi connectivity index (χ4v) is 2.90. The van der Waals surface area contributed by atoms with Crippen LogP contribution in [0.1, 0.15) is 21.9 Å². The van der Waals surface area contributed by atoms with Gasteiger partial charge in [0.2, 0.25) is 0 Å². The molecule has 0 atom stereocenters. The monoisotopic (exact) mass is 464 g/mol. The lowest BCUT2D eigenvalue weighted by molar-refractivity contribution is -0.385. The molecule has 0 aliphatic heterocycles. The first-order chi connectivity index (χ1) is 15.7. The van der Waals surface area contributed by atoms with Crippen molar-refractivity contribution in [3.05, 3.63) is 93.5 Å². The number of carbonyl (C=O) groups excluding carboxylic acids is 1. The molecule has 0 aliphatic carbocycles. The average Bonchev–Trinajstić information content (AvgIpc) is 3.51. The zero-order valence-electron chi connectivity index (χ0n) is 16.3. The van der Waals surface area contributed by atoms with Crippen molar-refractivity contribution < 1.29 is 31.7 Å². The Morgan fingerprint density at radius 3 is 2.48 bits per heavy atom. The Bertz CT molecular complexity index is 1360. The van der Waals surface area contributed by atoms with Crippen LogP contribution in [0.4, 0.5) is 28.9 Å². The predicted octanol–water partition coefficient (Wildman–Crippen LogP) is 3.49. The first-order valence-corrected chi connectivity index (χ1v) is 9.12. The molecule has 4 aromatic rings. The van der Waals surface area contributed by atoms with Gasteiger partial charge in [-0.2, -0.15) is 10.2 Å². The second-order valence-electron chi connectivity index (χ2n) is 6.75. The zero-order chi connectivity index (χ0) is 23.7. The van der Waals surface area contributed by atoms with Gasteiger partial charge in [-0.3, -0.25) is 24.3 Å². The molecule has 170 valence electrons. The smallest absolute Gasteiger partial charge is 0.307 e. The number of halogens is 4. The van der Waals surface area contributed by atoms with Crippen molar-refractivity contribution in [2.24, 2.45) is 0 Å². The molecule has 3 aromatic heterocycles. The van der Waals surface area contributed by atoms with Gasteiger partial charge in [0.05, 0.1) is 29.9 Å². The van der Waals surface area contributed by atoms with Crippen LogP contribution in [0, 0.1) is 33.4 Å². The van der Waals surface area contributed by atoms with Crippen LogP contribution >= 0.6 is 0 Å². The van der Waals surface area contributed by atoms with Crippen LogP contribution in [0.2, 0.25) is 0 Å². The first kappa shape index (κ1) is 21.7. The minimum Gasteiger partial charge on any atom is -0.454 e. The summed E-state index contributed by atoms with van der Waals surface area (Å²) < 4.78 is 61.7. The van der Waals surface area contributed by atoms with Gasteiger partial charge in [0.15, 0.2) is 23.2 Å². The quantitative estimate of drug-likeness (QED) is 0.147. The lowest BCUT2D eigenvalue weighted by Crippen LogP contribution is -2.11. The van der Waals surface area contributed by atoms with E-state index < -0.39 is 46.2 Å². The molecule has 4 rings (SSSR count). The van der Waals surface area contributed by atoms with Crippen LogP contribution in [0.15, 0.2) is 47.4 Å². The number of nitro groups is 1. The molecule has 0 unspecified atom stereocenters. The maximum atomic E-state index is 13.8. The van der Waals surface area contributed by atoms with Gasteiger partial charge in [-0.25, -0.2) is 17.6 Å². The SMILES string of the molecule is O=C(Nc1cnn(Cc2c(F)cc(F)c(F)c2F)c1)c1ccc(Cn2cc([N+](=O)[O-])cn2)o1. The van der Waals surface area contributed by atoms with E-state index in [1.54, 1.807) is 0 Å². The van der Waals surface area contributed by atoms with Gasteiger partial charge in [0.1, 0.15) is 24.0 Å². The summed E-state index contributed by atoms with van der Waals surface area (Å²) in [4.78, 5) is 22.5. The van der Waals surface area contributed by atoms with E-state index in [-0.39, 0.29) is 29.7 Å². The second-order valence-corrected chi connectivity index (χ2v) is 6.75. The van der Waals surface area contributed by atoms with Crippen LogP contribution in [0.5, 0.6) is 0 Å². The van der Waals surface area contributed by atoms with E-state index in [0.29, 0.717) is 5.76 Å². The van der Waals surface area contributed by atoms with Gasteiger partial charge in [0, 0.05) is 17.8 Å². The van der Waals surface area contributed by atoms with Crippen LogP contribution in [0.25, 0.3) is 0 Å². The number of nitrogens with one attached hydrogen (secondary N) is 1. The number of benzene rings is 1. The lowest BCUT2D eigenvalue weighted by atomic mass is 10.2. The predicted molar refractivity (Wildman–Crippen MR) is 102 cm³/mol. The molecule has 0 fully saturated rings. The van der Waals surface area contributed by atoms with Gasteiger partial charge < -0.3 is 9.73 Å². The molecule has 1 amide bonds. The Hall–Kier alpha value is -4.49. The van der Waals surface area contributed by atoms with Crippen molar-refractivity contribution in [2.75, 3.05) is 5.32 Å². The number of anilines is 1. The molecule has 0 spiro atoms. The maximum Gasteiger partial charge on any atom is 0.307 e. The van der Waals surface area contributed by atoms with Crippen LogP contribution in [-0.4, -0.2) is 30.4 Å². The summed E-state index contributed by atoms with van der Waals surface area (Å²) in [6.45, 7) is -0.504. The minimum absolute atomic E-state index is 0.0460. The normalized spacial score (nSPS) is 11.0. The topological polar surface area (TPSA) is 121 Å². The number of amides is 1. The van der Waals surface area contributed by atoms with Crippen molar-refractivity contribution in [3.8, 4) is 0 Å². The molecule has 0 aliphatic rings. The van der Waals surface area contributed by atoms with Gasteiger partial charge in [-0.05, 0) is 12.1 Å². The van der Waals surface area contributed by atoms with Crippen molar-refractivity contribution in [2.45, 2.75) is 13.1 Å². The Balaban J connectivity index is 1.41. The third-order valence-electron chi connectivity index (χ3n) is 4.45. The summed E-state index contributed by atoms with van der Waals surface area (Å²) in [7, 11) is 0. The zero-order valence-corrected chi connectivity index (χ0v) is 16.3. The molecular formula is C19H12F4N6O4. The fraction of sp³-hybridized carbons (Fsp3) is 0.105. The number of furan rings is 1. The van der Waals surface area contributed by atoms with Crippen molar-refractivity contribution in [1.29, 1.82) is 0 Å². The van der Waals surface area contributed by atoms with E-state index in [1.165, 1.54) is 35.4 Å². The third kappa shape index (κ3) is 4.58. The molecule has 1 N–H and O–H groups in total. The highest BCUT2D eigenvalue weighted by Gasteiger charge is 2.20. The Morgan fingerprint density at radius 2 is 1.76 bits per heavy atom. The summed E-state index contributed by atoms with van der Waals surface area (Å²) >= 11 is 0. The van der Waals surface area contributed by atoms with Crippen LogP contribution in [-0.2, 0) is 13.1 Å². The molecule has 14 heteroatoms. The summed E-state index contributed by atoms with van der Waals surface area (Å²) in [6, 6.07) is 3.09. The summed E-state index contributed by atoms with van der Waals surface area (Å²) in [5.74, 6) is -6.85. The lowest BCUT2D eigenvalue weighted by Gasteiger charge is -2.06. The summed E-state index contributed by atoms with van der Waals surface area (Å²) in [5, 5.41) is 20.8. The number of aromatic nitrogens is 4. The Labute approximate surface area is 181 Å². The maximum absolute atomic E-state index is 13.8. The average molecular weight is 464 g/mol. The van der Waals surface area contributed by atoms with Gasteiger partial charge >= 0.3 is 5.69 Å². The molecule has 3 heterocycles. The molecule has 0 saturated heterocycles. The van der Waals surface area contributed by atoms with E-state index in [9.17, 15) is 32.5 Å². The molecule has 0 radical (unpaired) electrons. The number of nitrogens with zero attached hydrogens (tertiary/aromatic N) is 5. The van der Waals surface area contributed by atoms with E-state index in [2.05, 4.69) is 15.5 Å². The van der Waals surface area contributed by atoms with E-state index in [4.69, 9.17) is 4.42 Å². The standard InChI is InChI=1S/C19H12F4N6O4/c20-14-3-15(21)18(23)17(22)13(14)9-27-6-10(4-24-27)26-19(30)16-2-1-12(33-16)8-28-7-11(5-25-28)29(31)32/h1-7H,8-9H2,(H,26,30). The summed E-state index contributed by atoms with van der Waals surface area (Å²) in [5.41, 5.74) is -0.784. The van der Waals surface area contributed by atoms with Gasteiger partial charge in [-0.15, -0.1) is 0 Å². The van der Waals surface area contributed by atoms with Crippen LogP contribution < -0.4 is 5.32 Å². The first-order valence-electron chi connectivity index (χ1n) is 9.12. The number of carbonyl (C=O) groups is 1. The highest BCUT2D eigenvalue weighted by atomic mass is 19.2. The number of hydrogen-bond donors (Lipinski definition) is 1. The van der Waals surface area contributed by atoms with Crippen molar-refractivity contribution in [1.82, 2.24) is 19.6 Å². The Kier molecular flexibility index (Phi) is 5.64. The van der Waals surface area contributed by atoms with E-state index in [1.807, 2.05) is 0 Å². The Morgan fingerprint density at radius 1 is 1.03 bits per heavy atom. The third-order valence-corrected chi connectivity index (χ3v) is 4.45. The number of rotatable bonds is 7. The summed E-state index contributed by atoms with van der Waals surface area (Å²) in [6.07, 6.45) is 4.69. The largest absolute Gasteiger partial charge is 0.454 e. The molecule has 0 saturated carbocycles. The van der Waals surface area contributed by atoms with Gasteiger partial charge in [-0.1, -0.05) is 0 Å². The van der Waals surface area contributed by atoms with Crippen LogP contribution in [0.3, 0.4) is 0 Å². The fourth-order valence-electron chi connectivity index (χ4n) is 2.90. The second kappa shape index (κ2) is 8.57. The molecular weight excluding hydrogens is 452 g/mol. The van der Waals surface area contributed by atoms with Gasteiger partial charge in [0.25, 0.3) is 5.91 Å². The minimum atomic E-state index is -1.80. The number of hydrogen-bond acceptors (Lipinski definition) is 6. The molecule has 0 bridgehead atoms. The molecule has 10 nitrogen and oxygen atoms in total. The van der Waals surface area contributed by atoms with E-state index >= 15 is 0 Å².